The number of hydrogen-bond acceptors (Lipinski definition) is 2. The Labute approximate surface area is 122 Å². The first-order valence-corrected chi connectivity index (χ1v) is 6.94. The van der Waals surface area contributed by atoms with Crippen molar-refractivity contribution in [2.24, 2.45) is 5.92 Å². The van der Waals surface area contributed by atoms with Gasteiger partial charge in [0, 0.05) is 38.0 Å². The van der Waals surface area contributed by atoms with Crippen LogP contribution >= 0.6 is 0 Å². The SMILES string of the molecule is CC(=O)N1CCC(C(=O)NCc2cc(F)ccc2F)CC1. The maximum atomic E-state index is 13.4. The minimum atomic E-state index is -0.539. The second kappa shape index (κ2) is 6.65. The lowest BCUT2D eigenvalue weighted by molar-refractivity contribution is -0.134. The normalized spacial score (nSPS) is 15.9. The number of benzene rings is 1. The van der Waals surface area contributed by atoms with Gasteiger partial charge >= 0.3 is 0 Å². The molecule has 0 atom stereocenters. The Hall–Kier alpha value is -1.98. The molecule has 2 amide bonds. The summed E-state index contributed by atoms with van der Waals surface area (Å²) in [6, 6.07) is 3.16. The molecule has 1 saturated heterocycles. The van der Waals surface area contributed by atoms with Gasteiger partial charge in [-0.05, 0) is 31.0 Å². The van der Waals surface area contributed by atoms with E-state index in [2.05, 4.69) is 5.32 Å². The zero-order valence-corrected chi connectivity index (χ0v) is 11.9. The number of carbonyl (C=O) groups is 2. The predicted molar refractivity (Wildman–Crippen MR) is 73.2 cm³/mol. The van der Waals surface area contributed by atoms with Crippen LogP contribution in [0.3, 0.4) is 0 Å². The lowest BCUT2D eigenvalue weighted by Gasteiger charge is -2.30. The van der Waals surface area contributed by atoms with Crippen LogP contribution in [0.1, 0.15) is 25.3 Å². The van der Waals surface area contributed by atoms with Crippen molar-refractivity contribution < 1.29 is 18.4 Å². The summed E-state index contributed by atoms with van der Waals surface area (Å²) in [5, 5.41) is 2.63. The maximum Gasteiger partial charge on any atom is 0.223 e. The molecule has 0 aliphatic carbocycles. The molecule has 4 nitrogen and oxygen atoms in total. The molecule has 114 valence electrons. The van der Waals surface area contributed by atoms with Crippen molar-refractivity contribution in [3.63, 3.8) is 0 Å². The summed E-state index contributed by atoms with van der Waals surface area (Å²) < 4.78 is 26.5. The van der Waals surface area contributed by atoms with E-state index < -0.39 is 11.6 Å². The number of likely N-dealkylation sites (tertiary alicyclic amines) is 1. The van der Waals surface area contributed by atoms with Crippen LogP contribution in [0.4, 0.5) is 8.78 Å². The summed E-state index contributed by atoms with van der Waals surface area (Å²) in [5.41, 5.74) is 0.129. The molecule has 1 aromatic rings. The zero-order valence-electron chi connectivity index (χ0n) is 11.9. The molecule has 6 heteroatoms. The molecule has 1 aliphatic heterocycles. The minimum absolute atomic E-state index is 0.00990. The van der Waals surface area contributed by atoms with Crippen LogP contribution in [0.15, 0.2) is 18.2 Å². The molecule has 21 heavy (non-hydrogen) atoms. The van der Waals surface area contributed by atoms with Gasteiger partial charge in [-0.1, -0.05) is 0 Å². The predicted octanol–water partition coefficient (Wildman–Crippen LogP) is 1.84. The van der Waals surface area contributed by atoms with Gasteiger partial charge in [-0.2, -0.15) is 0 Å². The second-order valence-electron chi connectivity index (χ2n) is 5.23. The number of halogens is 2. The highest BCUT2D eigenvalue weighted by atomic mass is 19.1. The topological polar surface area (TPSA) is 49.4 Å². The quantitative estimate of drug-likeness (QED) is 0.925. The number of hydrogen-bond donors (Lipinski definition) is 1. The van der Waals surface area contributed by atoms with Gasteiger partial charge in [-0.15, -0.1) is 0 Å². The molecule has 0 radical (unpaired) electrons. The van der Waals surface area contributed by atoms with Crippen molar-refractivity contribution in [3.05, 3.63) is 35.4 Å². The second-order valence-corrected chi connectivity index (χ2v) is 5.23. The number of nitrogens with one attached hydrogen (secondary N) is 1. The van der Waals surface area contributed by atoms with Gasteiger partial charge in [0.05, 0.1) is 0 Å². The Morgan fingerprint density at radius 2 is 1.95 bits per heavy atom. The van der Waals surface area contributed by atoms with Gasteiger partial charge in [0.15, 0.2) is 0 Å². The van der Waals surface area contributed by atoms with E-state index in [1.54, 1.807) is 4.90 Å². The molecule has 0 spiro atoms. The first kappa shape index (κ1) is 15.4. The largest absolute Gasteiger partial charge is 0.352 e. The first-order chi connectivity index (χ1) is 9.97. The molecule has 1 fully saturated rings. The van der Waals surface area contributed by atoms with Crippen LogP contribution in [-0.2, 0) is 16.1 Å². The third-order valence-corrected chi connectivity index (χ3v) is 3.77. The van der Waals surface area contributed by atoms with Crippen molar-refractivity contribution in [3.8, 4) is 0 Å². The average Bonchev–Trinajstić information content (AvgIpc) is 2.48. The summed E-state index contributed by atoms with van der Waals surface area (Å²) in [6.07, 6.45) is 1.19. The number of rotatable bonds is 3. The Balaban J connectivity index is 1.85. The molecule has 1 aromatic carbocycles. The standard InChI is InChI=1S/C15H18F2N2O2/c1-10(20)19-6-4-11(5-7-19)15(21)18-9-12-8-13(16)2-3-14(12)17/h2-3,8,11H,4-7,9H2,1H3,(H,18,21). The fourth-order valence-corrected chi connectivity index (χ4v) is 2.46. The fourth-order valence-electron chi connectivity index (χ4n) is 2.46. The Kier molecular flexibility index (Phi) is 4.88. The van der Waals surface area contributed by atoms with Crippen LogP contribution < -0.4 is 5.32 Å². The van der Waals surface area contributed by atoms with Crippen LogP contribution in [0, 0.1) is 17.6 Å². The number of amides is 2. The van der Waals surface area contributed by atoms with E-state index in [1.807, 2.05) is 0 Å². The van der Waals surface area contributed by atoms with Crippen LogP contribution in [-0.4, -0.2) is 29.8 Å². The van der Waals surface area contributed by atoms with Crippen molar-refractivity contribution >= 4 is 11.8 Å². The minimum Gasteiger partial charge on any atom is -0.352 e. The average molecular weight is 296 g/mol. The van der Waals surface area contributed by atoms with E-state index in [1.165, 1.54) is 6.92 Å². The summed E-state index contributed by atoms with van der Waals surface area (Å²) in [6.45, 7) is 2.59. The highest BCUT2D eigenvalue weighted by Gasteiger charge is 2.25. The Morgan fingerprint density at radius 1 is 1.29 bits per heavy atom. The van der Waals surface area contributed by atoms with E-state index in [0.717, 1.165) is 18.2 Å². The van der Waals surface area contributed by atoms with Crippen LogP contribution in [0.2, 0.25) is 0 Å². The molecule has 0 saturated carbocycles. The third kappa shape index (κ3) is 4.00. The van der Waals surface area contributed by atoms with E-state index >= 15 is 0 Å². The molecule has 1 heterocycles. The number of carbonyl (C=O) groups excluding carboxylic acids is 2. The van der Waals surface area contributed by atoms with Crippen molar-refractivity contribution in [2.45, 2.75) is 26.3 Å². The van der Waals surface area contributed by atoms with E-state index in [0.29, 0.717) is 25.9 Å². The van der Waals surface area contributed by atoms with E-state index in [4.69, 9.17) is 0 Å². The number of nitrogens with zero attached hydrogens (tertiary/aromatic N) is 1. The fraction of sp³-hybridized carbons (Fsp3) is 0.467. The Morgan fingerprint density at radius 3 is 2.57 bits per heavy atom. The Bertz CT molecular complexity index is 540. The molecule has 1 N–H and O–H groups in total. The van der Waals surface area contributed by atoms with Gasteiger partial charge in [0.25, 0.3) is 0 Å². The summed E-state index contributed by atoms with van der Waals surface area (Å²) in [5.74, 6) is -1.42. The molecular weight excluding hydrogens is 278 g/mol. The molecule has 0 unspecified atom stereocenters. The highest BCUT2D eigenvalue weighted by molar-refractivity contribution is 5.79. The van der Waals surface area contributed by atoms with Gasteiger partial charge in [0.2, 0.25) is 11.8 Å². The van der Waals surface area contributed by atoms with Crippen molar-refractivity contribution in [2.75, 3.05) is 13.1 Å². The van der Waals surface area contributed by atoms with Gasteiger partial charge in [0.1, 0.15) is 11.6 Å². The lowest BCUT2D eigenvalue weighted by Crippen LogP contribution is -2.42. The summed E-state index contributed by atoms with van der Waals surface area (Å²) in [4.78, 5) is 24.9. The van der Waals surface area contributed by atoms with Gasteiger partial charge in [-0.25, -0.2) is 8.78 Å². The lowest BCUT2D eigenvalue weighted by atomic mass is 9.96. The highest BCUT2D eigenvalue weighted by Crippen LogP contribution is 2.18. The number of piperidine rings is 1. The van der Waals surface area contributed by atoms with Crippen LogP contribution in [0.5, 0.6) is 0 Å². The molecule has 2 rings (SSSR count). The van der Waals surface area contributed by atoms with E-state index in [9.17, 15) is 18.4 Å². The third-order valence-electron chi connectivity index (χ3n) is 3.77. The smallest absolute Gasteiger partial charge is 0.223 e. The van der Waals surface area contributed by atoms with Gasteiger partial charge in [-0.3, -0.25) is 9.59 Å². The molecule has 0 bridgehead atoms. The monoisotopic (exact) mass is 296 g/mol. The van der Waals surface area contributed by atoms with Gasteiger partial charge < -0.3 is 10.2 Å². The summed E-state index contributed by atoms with van der Waals surface area (Å²) >= 11 is 0. The summed E-state index contributed by atoms with van der Waals surface area (Å²) in [7, 11) is 0. The van der Waals surface area contributed by atoms with Crippen molar-refractivity contribution in [1.29, 1.82) is 0 Å². The van der Waals surface area contributed by atoms with Crippen LogP contribution in [0.25, 0.3) is 0 Å². The molecule has 1 aliphatic rings. The maximum absolute atomic E-state index is 13.4. The first-order valence-electron chi connectivity index (χ1n) is 6.94. The molecule has 0 aromatic heterocycles. The molecular formula is C15H18F2N2O2. The van der Waals surface area contributed by atoms with E-state index in [-0.39, 0.29) is 29.8 Å². The van der Waals surface area contributed by atoms with Crippen molar-refractivity contribution in [1.82, 2.24) is 10.2 Å². The zero-order chi connectivity index (χ0) is 15.4.